The first kappa shape index (κ1) is 14.1. The van der Waals surface area contributed by atoms with E-state index < -0.39 is 0 Å². The normalized spacial score (nSPS) is 14.1. The van der Waals surface area contributed by atoms with Crippen LogP contribution in [0.25, 0.3) is 0 Å². The van der Waals surface area contributed by atoms with Crippen LogP contribution in [0.3, 0.4) is 0 Å². The van der Waals surface area contributed by atoms with Gasteiger partial charge in [-0.05, 0) is 49.9 Å². The Morgan fingerprint density at radius 3 is 2.32 bits per heavy atom. The predicted molar refractivity (Wildman–Crippen MR) is 82.4 cm³/mol. The molecule has 100 valence electrons. The number of benzene rings is 1. The second kappa shape index (κ2) is 6.73. The minimum atomic E-state index is 0.247. The Kier molecular flexibility index (Phi) is 5.00. The van der Waals surface area contributed by atoms with Crippen molar-refractivity contribution >= 4 is 11.8 Å². The lowest BCUT2D eigenvalue weighted by Gasteiger charge is -2.20. The fourth-order valence-corrected chi connectivity index (χ4v) is 2.49. The van der Waals surface area contributed by atoms with Crippen molar-refractivity contribution in [1.82, 2.24) is 10.3 Å². The summed E-state index contributed by atoms with van der Waals surface area (Å²) in [6, 6.07) is 15.3. The summed E-state index contributed by atoms with van der Waals surface area (Å²) < 4.78 is 0. The lowest BCUT2D eigenvalue weighted by molar-refractivity contribution is 0.486. The Hall–Kier alpha value is -1.32. The van der Waals surface area contributed by atoms with E-state index in [-0.39, 0.29) is 6.04 Å². The monoisotopic (exact) mass is 272 g/mol. The molecule has 0 aliphatic rings. The number of hydrogen-bond donors (Lipinski definition) is 1. The third-order valence-electron chi connectivity index (χ3n) is 3.25. The number of aromatic nitrogens is 1. The van der Waals surface area contributed by atoms with Gasteiger partial charge < -0.3 is 5.32 Å². The lowest BCUT2D eigenvalue weighted by Crippen LogP contribution is -2.23. The van der Waals surface area contributed by atoms with Gasteiger partial charge in [0.1, 0.15) is 0 Å². The molecule has 1 aromatic carbocycles. The van der Waals surface area contributed by atoms with Crippen LogP contribution in [0, 0.1) is 0 Å². The van der Waals surface area contributed by atoms with Crippen LogP contribution < -0.4 is 5.32 Å². The maximum Gasteiger partial charge on any atom is 0.0570 e. The van der Waals surface area contributed by atoms with E-state index in [0.29, 0.717) is 6.04 Å². The fourth-order valence-electron chi connectivity index (χ4n) is 2.08. The van der Waals surface area contributed by atoms with Gasteiger partial charge in [-0.15, -0.1) is 11.8 Å². The second-order valence-electron chi connectivity index (χ2n) is 4.64. The van der Waals surface area contributed by atoms with Crippen molar-refractivity contribution in [3.63, 3.8) is 0 Å². The largest absolute Gasteiger partial charge is 0.302 e. The average molecular weight is 272 g/mol. The van der Waals surface area contributed by atoms with Crippen molar-refractivity contribution in [2.24, 2.45) is 0 Å². The molecule has 0 spiro atoms. The second-order valence-corrected chi connectivity index (χ2v) is 5.52. The molecule has 2 nitrogen and oxygen atoms in total. The number of pyridine rings is 1. The molecule has 2 aromatic rings. The Morgan fingerprint density at radius 2 is 1.74 bits per heavy atom. The quantitative estimate of drug-likeness (QED) is 0.825. The number of thioether (sulfide) groups is 1. The summed E-state index contributed by atoms with van der Waals surface area (Å²) >= 11 is 1.77. The molecule has 0 radical (unpaired) electrons. The standard InChI is InChI=1S/C16H20N2S/c1-12(14-7-9-15(19-3)10-8-14)18-13(2)16-6-4-5-11-17-16/h4-13,18H,1-3H3/t12?,13-/m1/s1. The summed E-state index contributed by atoms with van der Waals surface area (Å²) in [4.78, 5) is 5.69. The number of hydrogen-bond acceptors (Lipinski definition) is 3. The van der Waals surface area contributed by atoms with E-state index in [9.17, 15) is 0 Å². The third-order valence-corrected chi connectivity index (χ3v) is 3.99. The molecule has 3 heteroatoms. The van der Waals surface area contributed by atoms with Gasteiger partial charge in [-0.2, -0.15) is 0 Å². The van der Waals surface area contributed by atoms with Gasteiger partial charge in [-0.1, -0.05) is 18.2 Å². The zero-order valence-corrected chi connectivity index (χ0v) is 12.4. The fraction of sp³-hybridized carbons (Fsp3) is 0.312. The molecule has 2 atom stereocenters. The van der Waals surface area contributed by atoms with Crippen LogP contribution in [0.5, 0.6) is 0 Å². The minimum absolute atomic E-state index is 0.247. The molecule has 0 amide bonds. The Balaban J connectivity index is 2.02. The van der Waals surface area contributed by atoms with Gasteiger partial charge in [-0.25, -0.2) is 0 Å². The van der Waals surface area contributed by atoms with Gasteiger partial charge in [-0.3, -0.25) is 4.98 Å². The summed E-state index contributed by atoms with van der Waals surface area (Å²) in [6.07, 6.45) is 3.94. The summed E-state index contributed by atoms with van der Waals surface area (Å²) in [5.41, 5.74) is 2.38. The van der Waals surface area contributed by atoms with E-state index in [0.717, 1.165) is 5.69 Å². The van der Waals surface area contributed by atoms with Crippen molar-refractivity contribution in [3.8, 4) is 0 Å². The van der Waals surface area contributed by atoms with Gasteiger partial charge in [0.2, 0.25) is 0 Å². The third kappa shape index (κ3) is 3.82. The zero-order chi connectivity index (χ0) is 13.7. The Morgan fingerprint density at radius 1 is 1.00 bits per heavy atom. The van der Waals surface area contributed by atoms with Gasteiger partial charge in [0.05, 0.1) is 5.69 Å². The van der Waals surface area contributed by atoms with E-state index in [2.05, 4.69) is 60.7 Å². The van der Waals surface area contributed by atoms with Crippen LogP contribution in [0.2, 0.25) is 0 Å². The zero-order valence-electron chi connectivity index (χ0n) is 11.6. The van der Waals surface area contributed by atoms with E-state index in [1.807, 2.05) is 18.3 Å². The first-order chi connectivity index (χ1) is 9.20. The Bertz CT molecular complexity index is 496. The van der Waals surface area contributed by atoms with Crippen LogP contribution in [-0.2, 0) is 0 Å². The predicted octanol–water partition coefficient (Wildman–Crippen LogP) is 4.22. The molecule has 1 heterocycles. The van der Waals surface area contributed by atoms with Crippen molar-refractivity contribution < 1.29 is 0 Å². The molecule has 0 fully saturated rings. The lowest BCUT2D eigenvalue weighted by atomic mass is 10.1. The first-order valence-electron chi connectivity index (χ1n) is 6.51. The summed E-state index contributed by atoms with van der Waals surface area (Å²) in [7, 11) is 0. The summed E-state index contributed by atoms with van der Waals surface area (Å²) in [6.45, 7) is 4.34. The molecule has 0 aliphatic heterocycles. The molecule has 1 aromatic heterocycles. The molecule has 0 saturated carbocycles. The van der Waals surface area contributed by atoms with Crippen LogP contribution >= 0.6 is 11.8 Å². The molecule has 1 unspecified atom stereocenters. The number of rotatable bonds is 5. The van der Waals surface area contributed by atoms with Gasteiger partial charge in [0.15, 0.2) is 0 Å². The first-order valence-corrected chi connectivity index (χ1v) is 7.74. The molecule has 1 N–H and O–H groups in total. The number of nitrogens with one attached hydrogen (secondary N) is 1. The highest BCUT2D eigenvalue weighted by Gasteiger charge is 2.11. The highest BCUT2D eigenvalue weighted by molar-refractivity contribution is 7.98. The smallest absolute Gasteiger partial charge is 0.0570 e. The van der Waals surface area contributed by atoms with E-state index in [1.165, 1.54) is 10.5 Å². The van der Waals surface area contributed by atoms with Crippen molar-refractivity contribution in [3.05, 3.63) is 59.9 Å². The Labute approximate surface area is 119 Å². The van der Waals surface area contributed by atoms with Crippen LogP contribution in [0.4, 0.5) is 0 Å². The van der Waals surface area contributed by atoms with E-state index in [1.54, 1.807) is 11.8 Å². The van der Waals surface area contributed by atoms with Gasteiger partial charge in [0, 0.05) is 23.2 Å². The SMILES string of the molecule is CSc1ccc(C(C)N[C@H](C)c2ccccn2)cc1. The maximum absolute atomic E-state index is 4.39. The minimum Gasteiger partial charge on any atom is -0.302 e. The molecule has 0 aliphatic carbocycles. The molecule has 19 heavy (non-hydrogen) atoms. The van der Waals surface area contributed by atoms with Gasteiger partial charge in [0.25, 0.3) is 0 Å². The molecule has 0 bridgehead atoms. The molecular weight excluding hydrogens is 252 g/mol. The summed E-state index contributed by atoms with van der Waals surface area (Å²) in [5, 5.41) is 3.58. The topological polar surface area (TPSA) is 24.9 Å². The van der Waals surface area contributed by atoms with Crippen LogP contribution in [-0.4, -0.2) is 11.2 Å². The highest BCUT2D eigenvalue weighted by atomic mass is 32.2. The highest BCUT2D eigenvalue weighted by Crippen LogP contribution is 2.21. The molecule has 2 rings (SSSR count). The average Bonchev–Trinajstić information content (AvgIpc) is 2.48. The summed E-state index contributed by atoms with van der Waals surface area (Å²) in [5.74, 6) is 0. The van der Waals surface area contributed by atoms with E-state index >= 15 is 0 Å². The maximum atomic E-state index is 4.39. The van der Waals surface area contributed by atoms with Crippen molar-refractivity contribution in [2.45, 2.75) is 30.8 Å². The van der Waals surface area contributed by atoms with Crippen LogP contribution in [0.1, 0.15) is 37.2 Å². The number of nitrogens with zero attached hydrogens (tertiary/aromatic N) is 1. The molecular formula is C16H20N2S. The van der Waals surface area contributed by atoms with Crippen molar-refractivity contribution in [1.29, 1.82) is 0 Å². The van der Waals surface area contributed by atoms with Crippen LogP contribution in [0.15, 0.2) is 53.6 Å². The molecule has 0 saturated heterocycles. The van der Waals surface area contributed by atoms with Gasteiger partial charge >= 0.3 is 0 Å². The van der Waals surface area contributed by atoms with E-state index in [4.69, 9.17) is 0 Å². The van der Waals surface area contributed by atoms with Crippen molar-refractivity contribution in [2.75, 3.05) is 6.26 Å².